The van der Waals surface area contributed by atoms with Crippen LogP contribution in [0.1, 0.15) is 58.9 Å². The van der Waals surface area contributed by atoms with Crippen LogP contribution in [0.2, 0.25) is 0 Å². The summed E-state index contributed by atoms with van der Waals surface area (Å²) >= 11 is 0. The standard InChI is InChI=1S/C28H37N3O4/c1-4-31(21-13-15-35-16-14-21)26-10-6-9-24-23(26)8-5-7-22(32)12-11-20-17-19(2)30-28(34-3)25(20)18-29-27(24)33/h5-7,9-10,17,21-22,32H,4,8,11-16,18H2,1-3H3,(H,29,33)/b7-5+. The van der Waals surface area contributed by atoms with E-state index in [1.165, 1.54) is 0 Å². The molecule has 2 N–H and O–H groups in total. The van der Waals surface area contributed by atoms with E-state index >= 15 is 0 Å². The van der Waals surface area contributed by atoms with E-state index in [2.05, 4.69) is 28.2 Å². The number of carbonyl (C=O) groups is 1. The van der Waals surface area contributed by atoms with Crippen molar-refractivity contribution in [1.29, 1.82) is 0 Å². The van der Waals surface area contributed by atoms with Gasteiger partial charge in [-0.2, -0.15) is 0 Å². The predicted octanol–water partition coefficient (Wildman–Crippen LogP) is 3.74. The number of pyridine rings is 1. The number of hydrogen-bond acceptors (Lipinski definition) is 6. The Bertz CT molecular complexity index is 1060. The van der Waals surface area contributed by atoms with Crippen molar-refractivity contribution in [2.45, 2.75) is 64.6 Å². The highest BCUT2D eigenvalue weighted by atomic mass is 16.5. The van der Waals surface area contributed by atoms with Gasteiger partial charge in [0, 0.05) is 54.9 Å². The molecule has 2 aliphatic heterocycles. The van der Waals surface area contributed by atoms with Crippen LogP contribution in [-0.2, 0) is 24.1 Å². The largest absolute Gasteiger partial charge is 0.481 e. The van der Waals surface area contributed by atoms with Crippen molar-refractivity contribution in [3.63, 3.8) is 0 Å². The first kappa shape index (κ1) is 25.2. The van der Waals surface area contributed by atoms with Gasteiger partial charge < -0.3 is 24.8 Å². The molecule has 188 valence electrons. The smallest absolute Gasteiger partial charge is 0.251 e. The van der Waals surface area contributed by atoms with Gasteiger partial charge in [-0.05, 0) is 75.3 Å². The molecule has 0 saturated carbocycles. The third kappa shape index (κ3) is 5.85. The Morgan fingerprint density at radius 1 is 1.23 bits per heavy atom. The number of hydrogen-bond donors (Lipinski definition) is 2. The average Bonchev–Trinajstić information content (AvgIpc) is 2.88. The second-order valence-corrected chi connectivity index (χ2v) is 9.26. The summed E-state index contributed by atoms with van der Waals surface area (Å²) in [7, 11) is 1.60. The minimum Gasteiger partial charge on any atom is -0.481 e. The number of aliphatic hydroxyl groups excluding tert-OH is 1. The van der Waals surface area contributed by atoms with E-state index in [-0.39, 0.29) is 5.91 Å². The Morgan fingerprint density at radius 3 is 2.77 bits per heavy atom. The number of aromatic nitrogens is 1. The van der Waals surface area contributed by atoms with E-state index in [0.717, 1.165) is 60.7 Å². The minimum absolute atomic E-state index is 0.119. The zero-order valence-electron chi connectivity index (χ0n) is 21.0. The summed E-state index contributed by atoms with van der Waals surface area (Å²) in [6, 6.07) is 8.36. The van der Waals surface area contributed by atoms with Crippen molar-refractivity contribution >= 4 is 11.6 Å². The summed E-state index contributed by atoms with van der Waals surface area (Å²) in [6.07, 6.45) is 7.06. The first-order valence-corrected chi connectivity index (χ1v) is 12.6. The molecular weight excluding hydrogens is 442 g/mol. The van der Waals surface area contributed by atoms with Crippen molar-refractivity contribution in [3.05, 3.63) is 64.4 Å². The Balaban J connectivity index is 1.73. The Morgan fingerprint density at radius 2 is 2.03 bits per heavy atom. The first-order chi connectivity index (χ1) is 17.0. The molecule has 0 bridgehead atoms. The van der Waals surface area contributed by atoms with Crippen molar-refractivity contribution < 1.29 is 19.4 Å². The predicted molar refractivity (Wildman–Crippen MR) is 137 cm³/mol. The molecule has 0 spiro atoms. The number of allylic oxidation sites excluding steroid dienone is 1. The topological polar surface area (TPSA) is 83.9 Å². The highest BCUT2D eigenvalue weighted by molar-refractivity contribution is 5.97. The van der Waals surface area contributed by atoms with Gasteiger partial charge in [0.05, 0.1) is 13.2 Å². The molecule has 0 aliphatic carbocycles. The number of carbonyl (C=O) groups excluding carboxylic acids is 1. The highest BCUT2D eigenvalue weighted by Gasteiger charge is 2.25. The zero-order chi connectivity index (χ0) is 24.8. The summed E-state index contributed by atoms with van der Waals surface area (Å²) in [5, 5.41) is 13.8. The number of aliphatic hydroxyl groups is 1. The number of rotatable bonds is 4. The zero-order valence-corrected chi connectivity index (χ0v) is 21.0. The third-order valence-electron chi connectivity index (χ3n) is 6.99. The maximum Gasteiger partial charge on any atom is 0.251 e. The van der Waals surface area contributed by atoms with Gasteiger partial charge in [0.25, 0.3) is 5.91 Å². The molecule has 1 saturated heterocycles. The molecule has 7 nitrogen and oxygen atoms in total. The van der Waals surface area contributed by atoms with Crippen LogP contribution in [0.3, 0.4) is 0 Å². The maximum atomic E-state index is 13.5. The van der Waals surface area contributed by atoms with Crippen LogP contribution in [0.4, 0.5) is 5.69 Å². The monoisotopic (exact) mass is 479 g/mol. The molecule has 3 heterocycles. The quantitative estimate of drug-likeness (QED) is 0.650. The molecule has 1 aromatic carbocycles. The molecule has 1 amide bonds. The van der Waals surface area contributed by atoms with E-state index in [0.29, 0.717) is 43.3 Å². The van der Waals surface area contributed by atoms with Crippen molar-refractivity contribution in [1.82, 2.24) is 10.3 Å². The second kappa shape index (κ2) is 11.7. The Hall–Kier alpha value is -2.90. The van der Waals surface area contributed by atoms with E-state index in [1.54, 1.807) is 7.11 Å². The number of ether oxygens (including phenoxy) is 2. The van der Waals surface area contributed by atoms with Gasteiger partial charge in [0.2, 0.25) is 5.88 Å². The van der Waals surface area contributed by atoms with Gasteiger partial charge in [-0.25, -0.2) is 4.98 Å². The Labute approximate surface area is 208 Å². The van der Waals surface area contributed by atoms with Crippen LogP contribution in [0.5, 0.6) is 5.88 Å². The molecule has 0 radical (unpaired) electrons. The molecule has 1 fully saturated rings. The van der Waals surface area contributed by atoms with E-state index in [9.17, 15) is 9.90 Å². The molecule has 2 aliphatic rings. The third-order valence-corrected chi connectivity index (χ3v) is 6.99. The van der Waals surface area contributed by atoms with Crippen molar-refractivity contribution in [2.24, 2.45) is 0 Å². The number of aryl methyl sites for hydroxylation is 2. The number of nitrogens with zero attached hydrogens (tertiary/aromatic N) is 2. The van der Waals surface area contributed by atoms with E-state index < -0.39 is 6.10 Å². The fourth-order valence-electron chi connectivity index (χ4n) is 5.22. The second-order valence-electron chi connectivity index (χ2n) is 9.26. The lowest BCUT2D eigenvalue weighted by Gasteiger charge is -2.37. The lowest BCUT2D eigenvalue weighted by molar-refractivity contribution is 0.0845. The van der Waals surface area contributed by atoms with Gasteiger partial charge in [-0.1, -0.05) is 18.2 Å². The van der Waals surface area contributed by atoms with Gasteiger partial charge in [0.1, 0.15) is 0 Å². The molecule has 35 heavy (non-hydrogen) atoms. The van der Waals surface area contributed by atoms with Gasteiger partial charge in [-0.3, -0.25) is 4.79 Å². The van der Waals surface area contributed by atoms with Crippen LogP contribution < -0.4 is 15.0 Å². The average molecular weight is 480 g/mol. The van der Waals surface area contributed by atoms with Crippen LogP contribution in [0, 0.1) is 6.92 Å². The summed E-state index contributed by atoms with van der Waals surface area (Å²) < 4.78 is 11.1. The summed E-state index contributed by atoms with van der Waals surface area (Å²) in [5.41, 5.74) is 5.46. The van der Waals surface area contributed by atoms with E-state index in [1.807, 2.05) is 37.3 Å². The number of anilines is 1. The maximum absolute atomic E-state index is 13.5. The minimum atomic E-state index is -0.569. The van der Waals surface area contributed by atoms with Crippen molar-refractivity contribution in [2.75, 3.05) is 31.8 Å². The number of nitrogens with one attached hydrogen (secondary N) is 1. The van der Waals surface area contributed by atoms with Crippen LogP contribution in [0.15, 0.2) is 36.4 Å². The molecule has 7 heteroatoms. The normalized spacial score (nSPS) is 20.3. The highest BCUT2D eigenvalue weighted by Crippen LogP contribution is 2.30. The molecule has 2 aromatic rings. The molecular formula is C28H37N3O4. The lowest BCUT2D eigenvalue weighted by atomic mass is 9.97. The van der Waals surface area contributed by atoms with Gasteiger partial charge >= 0.3 is 0 Å². The van der Waals surface area contributed by atoms with Gasteiger partial charge in [-0.15, -0.1) is 0 Å². The van der Waals surface area contributed by atoms with Crippen LogP contribution in [-0.4, -0.2) is 55.0 Å². The number of benzene rings is 1. The first-order valence-electron chi connectivity index (χ1n) is 12.6. The molecule has 1 unspecified atom stereocenters. The summed E-state index contributed by atoms with van der Waals surface area (Å²) in [4.78, 5) is 20.4. The number of fused-ring (bicyclic) bond motifs is 2. The van der Waals surface area contributed by atoms with Gasteiger partial charge in [0.15, 0.2) is 0 Å². The van der Waals surface area contributed by atoms with Crippen LogP contribution in [0.25, 0.3) is 0 Å². The lowest BCUT2D eigenvalue weighted by Crippen LogP contribution is -2.40. The fraction of sp³-hybridized carbons (Fsp3) is 0.500. The fourth-order valence-corrected chi connectivity index (χ4v) is 5.22. The Kier molecular flexibility index (Phi) is 8.42. The molecule has 4 rings (SSSR count). The van der Waals surface area contributed by atoms with Crippen LogP contribution >= 0.6 is 0 Å². The molecule has 1 atom stereocenters. The summed E-state index contributed by atoms with van der Waals surface area (Å²) in [6.45, 7) is 6.77. The summed E-state index contributed by atoms with van der Waals surface area (Å²) in [5.74, 6) is 0.400. The van der Waals surface area contributed by atoms with E-state index in [4.69, 9.17) is 9.47 Å². The van der Waals surface area contributed by atoms with Crippen molar-refractivity contribution in [3.8, 4) is 5.88 Å². The SMILES string of the molecule is CCN(c1cccc2c1C/C=C/C(O)CCc1cc(C)nc(OC)c1CNC2=O)C1CCOCC1. The number of methoxy groups -OCH3 is 1. The molecule has 1 aromatic heterocycles. The number of amides is 1.